The Hall–Kier alpha value is -2.19. The molecule has 0 aliphatic rings. The fourth-order valence-corrected chi connectivity index (χ4v) is 2.59. The number of allylic oxidation sites excluding steroid dienone is 1. The van der Waals surface area contributed by atoms with Gasteiger partial charge in [0, 0.05) is 11.1 Å². The monoisotopic (exact) mass is 321 g/mol. The minimum Gasteiger partial charge on any atom is -0.309 e. The second kappa shape index (κ2) is 9.84. The van der Waals surface area contributed by atoms with Gasteiger partial charge in [0.25, 0.3) is 0 Å². The third-order valence-corrected chi connectivity index (χ3v) is 4.00. The van der Waals surface area contributed by atoms with Crippen LogP contribution in [0.2, 0.25) is 0 Å². The van der Waals surface area contributed by atoms with Gasteiger partial charge in [0.1, 0.15) is 0 Å². The molecule has 2 heteroatoms. The molecule has 24 heavy (non-hydrogen) atoms. The van der Waals surface area contributed by atoms with Gasteiger partial charge in [-0.25, -0.2) is 0 Å². The van der Waals surface area contributed by atoms with Crippen LogP contribution in [-0.2, 0) is 0 Å². The fourth-order valence-electron chi connectivity index (χ4n) is 2.59. The first-order valence-corrected chi connectivity index (χ1v) is 8.68. The van der Waals surface area contributed by atoms with Crippen molar-refractivity contribution in [2.75, 3.05) is 20.6 Å². The van der Waals surface area contributed by atoms with E-state index in [0.717, 1.165) is 23.1 Å². The van der Waals surface area contributed by atoms with Crippen molar-refractivity contribution in [1.82, 2.24) is 4.90 Å². The van der Waals surface area contributed by atoms with E-state index in [1.54, 1.807) is 0 Å². The molecule has 2 rings (SSSR count). The van der Waals surface area contributed by atoms with Crippen LogP contribution in [0.15, 0.2) is 60.7 Å². The standard InChI is InChI=1S/C22H27NO/c1-23(2)18-10-5-3-4-7-11-19-14-16-21(17-15-19)22(24)20-12-8-6-9-13-20/h6-9,11-17H,3-5,10,18H2,1-2H3. The summed E-state index contributed by atoms with van der Waals surface area (Å²) in [4.78, 5) is 14.6. The Bertz CT molecular complexity index is 641. The minimum absolute atomic E-state index is 0.0759. The molecule has 0 saturated carbocycles. The first-order chi connectivity index (χ1) is 11.7. The Morgan fingerprint density at radius 2 is 1.54 bits per heavy atom. The van der Waals surface area contributed by atoms with E-state index in [1.807, 2.05) is 54.6 Å². The summed E-state index contributed by atoms with van der Waals surface area (Å²) in [5, 5.41) is 0. The first-order valence-electron chi connectivity index (χ1n) is 8.68. The Morgan fingerprint density at radius 1 is 0.875 bits per heavy atom. The first kappa shape index (κ1) is 18.2. The lowest BCUT2D eigenvalue weighted by Gasteiger charge is -2.07. The van der Waals surface area contributed by atoms with Gasteiger partial charge >= 0.3 is 0 Å². The summed E-state index contributed by atoms with van der Waals surface area (Å²) in [5.74, 6) is 0.0759. The van der Waals surface area contributed by atoms with Crippen molar-refractivity contribution < 1.29 is 4.79 Å². The number of hydrogen-bond donors (Lipinski definition) is 0. The summed E-state index contributed by atoms with van der Waals surface area (Å²) < 4.78 is 0. The van der Waals surface area contributed by atoms with Crippen molar-refractivity contribution in [3.8, 4) is 0 Å². The predicted octanol–water partition coefficient (Wildman–Crippen LogP) is 5.05. The molecule has 2 aromatic rings. The topological polar surface area (TPSA) is 20.3 Å². The molecule has 126 valence electrons. The number of carbonyl (C=O) groups excluding carboxylic acids is 1. The van der Waals surface area contributed by atoms with Gasteiger partial charge in [-0.2, -0.15) is 0 Å². The van der Waals surface area contributed by atoms with Crippen molar-refractivity contribution in [3.05, 3.63) is 77.4 Å². The van der Waals surface area contributed by atoms with Crippen molar-refractivity contribution >= 4 is 11.9 Å². The Kier molecular flexibility index (Phi) is 7.44. The molecular weight excluding hydrogens is 294 g/mol. The van der Waals surface area contributed by atoms with Crippen LogP contribution in [0.3, 0.4) is 0 Å². The second-order valence-electron chi connectivity index (χ2n) is 6.37. The summed E-state index contributed by atoms with van der Waals surface area (Å²) in [6, 6.07) is 17.3. The van der Waals surface area contributed by atoms with Crippen LogP contribution < -0.4 is 0 Å². The number of unbranched alkanes of at least 4 members (excludes halogenated alkanes) is 3. The smallest absolute Gasteiger partial charge is 0.193 e. The maximum Gasteiger partial charge on any atom is 0.193 e. The molecule has 0 N–H and O–H groups in total. The molecule has 0 bridgehead atoms. The molecule has 0 saturated heterocycles. The van der Waals surface area contributed by atoms with Crippen molar-refractivity contribution in [3.63, 3.8) is 0 Å². The molecule has 0 fully saturated rings. The van der Waals surface area contributed by atoms with E-state index in [0.29, 0.717) is 0 Å². The molecule has 0 amide bonds. The van der Waals surface area contributed by atoms with Gasteiger partial charge in [-0.15, -0.1) is 0 Å². The Balaban J connectivity index is 1.80. The molecule has 2 nitrogen and oxygen atoms in total. The lowest BCUT2D eigenvalue weighted by atomic mass is 10.0. The maximum atomic E-state index is 12.3. The van der Waals surface area contributed by atoms with Gasteiger partial charge in [0.05, 0.1) is 0 Å². The van der Waals surface area contributed by atoms with E-state index < -0.39 is 0 Å². The molecule has 0 aliphatic carbocycles. The lowest BCUT2D eigenvalue weighted by Crippen LogP contribution is -2.12. The van der Waals surface area contributed by atoms with Gasteiger partial charge < -0.3 is 4.90 Å². The number of ketones is 1. The number of benzene rings is 2. The van der Waals surface area contributed by atoms with Crippen LogP contribution in [0, 0.1) is 0 Å². The zero-order valence-corrected chi connectivity index (χ0v) is 14.7. The van der Waals surface area contributed by atoms with Gasteiger partial charge in [-0.05, 0) is 45.5 Å². The summed E-state index contributed by atoms with van der Waals surface area (Å²) in [7, 11) is 4.23. The third kappa shape index (κ3) is 6.13. The second-order valence-corrected chi connectivity index (χ2v) is 6.37. The zero-order chi connectivity index (χ0) is 17.2. The van der Waals surface area contributed by atoms with E-state index in [1.165, 1.54) is 25.8 Å². The number of hydrogen-bond acceptors (Lipinski definition) is 2. The summed E-state index contributed by atoms with van der Waals surface area (Å²) in [6.07, 6.45) is 9.24. The molecular formula is C22H27NO. The van der Waals surface area contributed by atoms with Crippen LogP contribution in [0.5, 0.6) is 0 Å². The highest BCUT2D eigenvalue weighted by atomic mass is 16.1. The van der Waals surface area contributed by atoms with Crippen LogP contribution in [0.4, 0.5) is 0 Å². The predicted molar refractivity (Wildman–Crippen MR) is 102 cm³/mol. The zero-order valence-electron chi connectivity index (χ0n) is 14.7. The van der Waals surface area contributed by atoms with Gasteiger partial charge in [-0.3, -0.25) is 4.79 Å². The molecule has 0 radical (unpaired) electrons. The average Bonchev–Trinajstić information content (AvgIpc) is 2.61. The largest absolute Gasteiger partial charge is 0.309 e. The van der Waals surface area contributed by atoms with Crippen LogP contribution in [-0.4, -0.2) is 31.3 Å². The molecule has 0 unspecified atom stereocenters. The van der Waals surface area contributed by atoms with Gasteiger partial charge in [-0.1, -0.05) is 73.2 Å². The van der Waals surface area contributed by atoms with Crippen molar-refractivity contribution in [2.45, 2.75) is 25.7 Å². The van der Waals surface area contributed by atoms with E-state index in [-0.39, 0.29) is 5.78 Å². The van der Waals surface area contributed by atoms with E-state index in [9.17, 15) is 4.79 Å². The summed E-state index contributed by atoms with van der Waals surface area (Å²) >= 11 is 0. The maximum absolute atomic E-state index is 12.3. The van der Waals surface area contributed by atoms with Gasteiger partial charge in [0.15, 0.2) is 5.78 Å². The number of nitrogens with zero attached hydrogens (tertiary/aromatic N) is 1. The normalized spacial score (nSPS) is 11.3. The van der Waals surface area contributed by atoms with E-state index in [4.69, 9.17) is 0 Å². The Morgan fingerprint density at radius 3 is 2.21 bits per heavy atom. The fraction of sp³-hybridized carbons (Fsp3) is 0.318. The molecule has 0 spiro atoms. The van der Waals surface area contributed by atoms with Crippen molar-refractivity contribution in [1.29, 1.82) is 0 Å². The summed E-state index contributed by atoms with van der Waals surface area (Å²) in [5.41, 5.74) is 2.62. The Labute approximate surface area is 145 Å². The number of carbonyl (C=O) groups is 1. The molecule has 0 aromatic heterocycles. The van der Waals surface area contributed by atoms with E-state index in [2.05, 4.69) is 31.1 Å². The lowest BCUT2D eigenvalue weighted by molar-refractivity contribution is 0.103. The molecule has 0 aliphatic heterocycles. The SMILES string of the molecule is CN(C)CCCCCC=Cc1ccc(C(=O)c2ccccc2)cc1. The van der Waals surface area contributed by atoms with Crippen LogP contribution in [0.1, 0.15) is 47.2 Å². The minimum atomic E-state index is 0.0759. The van der Waals surface area contributed by atoms with Crippen molar-refractivity contribution in [2.24, 2.45) is 0 Å². The third-order valence-electron chi connectivity index (χ3n) is 4.00. The highest BCUT2D eigenvalue weighted by Crippen LogP contribution is 2.12. The highest BCUT2D eigenvalue weighted by Gasteiger charge is 2.07. The molecule has 0 heterocycles. The molecule has 0 atom stereocenters. The van der Waals surface area contributed by atoms with E-state index >= 15 is 0 Å². The number of rotatable bonds is 9. The van der Waals surface area contributed by atoms with Crippen LogP contribution >= 0.6 is 0 Å². The quantitative estimate of drug-likeness (QED) is 0.475. The average molecular weight is 321 g/mol. The highest BCUT2D eigenvalue weighted by molar-refractivity contribution is 6.09. The van der Waals surface area contributed by atoms with Crippen LogP contribution in [0.25, 0.3) is 6.08 Å². The molecule has 2 aromatic carbocycles. The van der Waals surface area contributed by atoms with Gasteiger partial charge in [0.2, 0.25) is 0 Å². The summed E-state index contributed by atoms with van der Waals surface area (Å²) in [6.45, 7) is 1.17.